The minimum atomic E-state index is 0.196. The first kappa shape index (κ1) is 10.7. The van der Waals surface area contributed by atoms with Gasteiger partial charge in [-0.1, -0.05) is 29.8 Å². The molecule has 0 radical (unpaired) electrons. The van der Waals surface area contributed by atoms with Crippen molar-refractivity contribution in [2.24, 2.45) is 0 Å². The second-order valence-electron chi connectivity index (χ2n) is 4.52. The van der Waals surface area contributed by atoms with Gasteiger partial charge in [0.15, 0.2) is 0 Å². The quantitative estimate of drug-likeness (QED) is 0.760. The van der Waals surface area contributed by atoms with E-state index in [1.165, 1.54) is 11.1 Å². The van der Waals surface area contributed by atoms with E-state index < -0.39 is 0 Å². The van der Waals surface area contributed by atoms with Gasteiger partial charge in [-0.25, -0.2) is 0 Å². The normalized spacial score (nSPS) is 31.5. The molecule has 1 N–H and O–H groups in total. The Morgan fingerprint density at radius 3 is 2.47 bits per heavy atom. The van der Waals surface area contributed by atoms with Crippen molar-refractivity contribution in [2.75, 3.05) is 6.61 Å². The van der Waals surface area contributed by atoms with Crippen LogP contribution < -0.4 is 5.32 Å². The number of nitrogens with one attached hydrogen (secondary N) is 1. The fourth-order valence-corrected chi connectivity index (χ4v) is 2.12. The molecular weight excluding hydrogens is 186 g/mol. The second kappa shape index (κ2) is 4.33. The van der Waals surface area contributed by atoms with E-state index in [0.29, 0.717) is 12.1 Å². The monoisotopic (exact) mass is 205 g/mol. The molecule has 1 fully saturated rings. The Bertz CT molecular complexity index is 320. The Hall–Kier alpha value is -0.860. The average Bonchev–Trinajstić information content (AvgIpc) is 2.20. The van der Waals surface area contributed by atoms with Gasteiger partial charge in [0.2, 0.25) is 0 Å². The van der Waals surface area contributed by atoms with Gasteiger partial charge in [0.1, 0.15) is 0 Å². The van der Waals surface area contributed by atoms with Gasteiger partial charge in [-0.3, -0.25) is 0 Å². The molecule has 1 aliphatic rings. The van der Waals surface area contributed by atoms with Crippen molar-refractivity contribution in [1.29, 1.82) is 0 Å². The third kappa shape index (κ3) is 2.39. The summed E-state index contributed by atoms with van der Waals surface area (Å²) in [6, 6.07) is 9.45. The average molecular weight is 205 g/mol. The molecule has 0 aliphatic carbocycles. The van der Waals surface area contributed by atoms with Crippen LogP contribution in [-0.4, -0.2) is 18.7 Å². The lowest BCUT2D eigenvalue weighted by molar-refractivity contribution is -0.0207. The SMILES string of the molecule is Cc1ccc(C2OCC(C)NC2C)cc1. The number of benzene rings is 1. The number of aryl methyl sites for hydroxylation is 1. The zero-order valence-corrected chi connectivity index (χ0v) is 9.66. The standard InChI is InChI=1S/C13H19NO/c1-9-4-6-12(7-5-9)13-11(3)14-10(2)8-15-13/h4-7,10-11,13-14H,8H2,1-3H3. The summed E-state index contributed by atoms with van der Waals surface area (Å²) in [6.45, 7) is 7.24. The first-order valence-electron chi connectivity index (χ1n) is 5.61. The van der Waals surface area contributed by atoms with Crippen LogP contribution in [0.15, 0.2) is 24.3 Å². The maximum absolute atomic E-state index is 5.87. The zero-order chi connectivity index (χ0) is 10.8. The van der Waals surface area contributed by atoms with Crippen LogP contribution >= 0.6 is 0 Å². The fraction of sp³-hybridized carbons (Fsp3) is 0.538. The molecule has 3 atom stereocenters. The predicted molar refractivity (Wildman–Crippen MR) is 61.9 cm³/mol. The van der Waals surface area contributed by atoms with E-state index in [1.807, 2.05) is 0 Å². The van der Waals surface area contributed by atoms with E-state index in [4.69, 9.17) is 4.74 Å². The molecule has 2 rings (SSSR count). The molecule has 0 bridgehead atoms. The van der Waals surface area contributed by atoms with Crippen molar-refractivity contribution in [3.63, 3.8) is 0 Å². The Kier molecular flexibility index (Phi) is 3.08. The highest BCUT2D eigenvalue weighted by Gasteiger charge is 2.26. The first-order chi connectivity index (χ1) is 7.16. The summed E-state index contributed by atoms with van der Waals surface area (Å²) in [7, 11) is 0. The van der Waals surface area contributed by atoms with Crippen molar-refractivity contribution in [1.82, 2.24) is 5.32 Å². The minimum Gasteiger partial charge on any atom is -0.370 e. The minimum absolute atomic E-state index is 0.196. The molecule has 0 aromatic heterocycles. The van der Waals surface area contributed by atoms with Gasteiger partial charge in [0, 0.05) is 12.1 Å². The molecule has 0 saturated carbocycles. The predicted octanol–water partition coefficient (Wildman–Crippen LogP) is 2.43. The van der Waals surface area contributed by atoms with Gasteiger partial charge in [-0.05, 0) is 26.3 Å². The van der Waals surface area contributed by atoms with Crippen LogP contribution in [0.1, 0.15) is 31.1 Å². The lowest BCUT2D eigenvalue weighted by atomic mass is 10.00. The van der Waals surface area contributed by atoms with Crippen molar-refractivity contribution >= 4 is 0 Å². The summed E-state index contributed by atoms with van der Waals surface area (Å²) >= 11 is 0. The summed E-state index contributed by atoms with van der Waals surface area (Å²) in [5.41, 5.74) is 2.57. The van der Waals surface area contributed by atoms with Crippen LogP contribution in [0, 0.1) is 6.92 Å². The van der Waals surface area contributed by atoms with Gasteiger partial charge >= 0.3 is 0 Å². The molecule has 2 heteroatoms. The van der Waals surface area contributed by atoms with E-state index in [9.17, 15) is 0 Å². The molecule has 1 aromatic rings. The van der Waals surface area contributed by atoms with Gasteiger partial charge in [-0.2, -0.15) is 0 Å². The Labute approximate surface area is 91.6 Å². The molecule has 1 heterocycles. The number of hydrogen-bond acceptors (Lipinski definition) is 2. The number of morpholine rings is 1. The van der Waals surface area contributed by atoms with E-state index in [2.05, 4.69) is 50.4 Å². The highest BCUT2D eigenvalue weighted by Crippen LogP contribution is 2.25. The van der Waals surface area contributed by atoms with Crippen LogP contribution in [0.4, 0.5) is 0 Å². The summed E-state index contributed by atoms with van der Waals surface area (Å²) in [4.78, 5) is 0. The lowest BCUT2D eigenvalue weighted by Crippen LogP contribution is -2.47. The van der Waals surface area contributed by atoms with Crippen LogP contribution in [0.5, 0.6) is 0 Å². The van der Waals surface area contributed by atoms with Gasteiger partial charge in [0.05, 0.1) is 12.7 Å². The maximum atomic E-state index is 5.87. The highest BCUT2D eigenvalue weighted by molar-refractivity contribution is 5.24. The van der Waals surface area contributed by atoms with Crippen LogP contribution in [-0.2, 0) is 4.74 Å². The molecule has 2 nitrogen and oxygen atoms in total. The summed E-state index contributed by atoms with van der Waals surface area (Å²) in [5, 5.41) is 3.52. The summed E-state index contributed by atoms with van der Waals surface area (Å²) < 4.78 is 5.87. The Morgan fingerprint density at radius 1 is 1.20 bits per heavy atom. The van der Waals surface area contributed by atoms with Crippen molar-refractivity contribution in [3.8, 4) is 0 Å². The molecular formula is C13H19NO. The van der Waals surface area contributed by atoms with Crippen LogP contribution in [0.25, 0.3) is 0 Å². The van der Waals surface area contributed by atoms with E-state index in [1.54, 1.807) is 0 Å². The summed E-state index contributed by atoms with van der Waals surface area (Å²) in [6.07, 6.45) is 0.196. The molecule has 3 unspecified atom stereocenters. The molecule has 1 saturated heterocycles. The molecule has 15 heavy (non-hydrogen) atoms. The van der Waals surface area contributed by atoms with Crippen molar-refractivity contribution in [2.45, 2.75) is 39.0 Å². The highest BCUT2D eigenvalue weighted by atomic mass is 16.5. The number of rotatable bonds is 1. The maximum Gasteiger partial charge on any atom is 0.0975 e. The third-order valence-electron chi connectivity index (χ3n) is 2.93. The number of hydrogen-bond donors (Lipinski definition) is 1. The van der Waals surface area contributed by atoms with E-state index in [0.717, 1.165) is 6.61 Å². The summed E-state index contributed by atoms with van der Waals surface area (Å²) in [5.74, 6) is 0. The fourth-order valence-electron chi connectivity index (χ4n) is 2.12. The Balaban J connectivity index is 2.13. The largest absolute Gasteiger partial charge is 0.370 e. The molecule has 82 valence electrons. The van der Waals surface area contributed by atoms with Gasteiger partial charge in [-0.15, -0.1) is 0 Å². The number of ether oxygens (including phenoxy) is 1. The van der Waals surface area contributed by atoms with Crippen LogP contribution in [0.3, 0.4) is 0 Å². The molecule has 1 aliphatic heterocycles. The third-order valence-corrected chi connectivity index (χ3v) is 2.93. The van der Waals surface area contributed by atoms with Crippen molar-refractivity contribution < 1.29 is 4.74 Å². The zero-order valence-electron chi connectivity index (χ0n) is 9.66. The first-order valence-corrected chi connectivity index (χ1v) is 5.61. The molecule has 0 spiro atoms. The van der Waals surface area contributed by atoms with Gasteiger partial charge in [0.25, 0.3) is 0 Å². The van der Waals surface area contributed by atoms with Gasteiger partial charge < -0.3 is 10.1 Å². The van der Waals surface area contributed by atoms with Crippen molar-refractivity contribution in [3.05, 3.63) is 35.4 Å². The lowest BCUT2D eigenvalue weighted by Gasteiger charge is -2.34. The molecule has 0 amide bonds. The van der Waals surface area contributed by atoms with E-state index >= 15 is 0 Å². The Morgan fingerprint density at radius 2 is 1.87 bits per heavy atom. The smallest absolute Gasteiger partial charge is 0.0975 e. The van der Waals surface area contributed by atoms with E-state index in [-0.39, 0.29) is 6.10 Å². The topological polar surface area (TPSA) is 21.3 Å². The second-order valence-corrected chi connectivity index (χ2v) is 4.52. The van der Waals surface area contributed by atoms with Crippen LogP contribution in [0.2, 0.25) is 0 Å². The molecule has 1 aromatic carbocycles.